The Balaban J connectivity index is 3.60. The van der Waals surface area contributed by atoms with Crippen molar-refractivity contribution in [2.75, 3.05) is 26.4 Å². The highest BCUT2D eigenvalue weighted by Crippen LogP contribution is 2.42. The molecule has 116 valence electrons. The molecule has 0 saturated carbocycles. The first-order valence-corrected chi connectivity index (χ1v) is 8.25. The van der Waals surface area contributed by atoms with E-state index in [1.54, 1.807) is 0 Å². The van der Waals surface area contributed by atoms with E-state index in [9.17, 15) is 9.46 Å². The van der Waals surface area contributed by atoms with Gasteiger partial charge >= 0.3 is 7.82 Å². The number of hydrogen-bond donors (Lipinski definition) is 1. The van der Waals surface area contributed by atoms with Crippen LogP contribution in [-0.2, 0) is 23.1 Å². The predicted octanol–water partition coefficient (Wildman–Crippen LogP) is 2.75. The van der Waals surface area contributed by atoms with Gasteiger partial charge in [0.15, 0.2) is 0 Å². The van der Waals surface area contributed by atoms with Crippen molar-refractivity contribution >= 4 is 7.82 Å². The first-order chi connectivity index (χ1) is 8.91. The van der Waals surface area contributed by atoms with Crippen LogP contribution in [0.5, 0.6) is 0 Å². The number of hydrogen-bond acceptors (Lipinski definition) is 5. The monoisotopic (exact) mass is 298 g/mol. The summed E-state index contributed by atoms with van der Waals surface area (Å²) in [5, 5.41) is 0. The Kier molecular flexibility index (Phi) is 10.8. The van der Waals surface area contributed by atoms with Crippen LogP contribution in [0.4, 0.5) is 0 Å². The molecule has 19 heavy (non-hydrogen) atoms. The Hall–Kier alpha value is 0.0300. The molecular weight excluding hydrogens is 271 g/mol. The Morgan fingerprint density at radius 3 is 1.58 bits per heavy atom. The Morgan fingerprint density at radius 2 is 1.26 bits per heavy atom. The number of phosphoric ester groups is 1. The Labute approximate surface area is 116 Å². The maximum atomic E-state index is 11.4. The number of phosphoric acid groups is 1. The van der Waals surface area contributed by atoms with E-state index >= 15 is 0 Å². The molecule has 6 nitrogen and oxygen atoms in total. The molecule has 0 fully saturated rings. The van der Waals surface area contributed by atoms with E-state index < -0.39 is 7.82 Å². The summed E-state index contributed by atoms with van der Waals surface area (Å²) in [7, 11) is -3.99. The SMILES string of the molecule is CCC(C)OCCOP(=O)(O)OCCOC(C)CC. The minimum atomic E-state index is -3.99. The highest BCUT2D eigenvalue weighted by molar-refractivity contribution is 7.47. The molecule has 0 aliphatic heterocycles. The Bertz CT molecular complexity index is 239. The van der Waals surface area contributed by atoms with Crippen molar-refractivity contribution in [3.63, 3.8) is 0 Å². The fourth-order valence-electron chi connectivity index (χ4n) is 1.08. The summed E-state index contributed by atoms with van der Waals surface area (Å²) in [5.41, 5.74) is 0. The van der Waals surface area contributed by atoms with Crippen LogP contribution in [0.1, 0.15) is 40.5 Å². The molecule has 0 heterocycles. The minimum Gasteiger partial charge on any atom is -0.376 e. The van der Waals surface area contributed by atoms with Gasteiger partial charge in [-0.25, -0.2) is 4.57 Å². The molecule has 0 saturated heterocycles. The zero-order chi connectivity index (χ0) is 14.7. The van der Waals surface area contributed by atoms with Crippen LogP contribution in [0, 0.1) is 0 Å². The van der Waals surface area contributed by atoms with E-state index in [0.717, 1.165) is 12.8 Å². The van der Waals surface area contributed by atoms with Gasteiger partial charge in [-0.05, 0) is 26.7 Å². The second kappa shape index (κ2) is 10.8. The smallest absolute Gasteiger partial charge is 0.376 e. The van der Waals surface area contributed by atoms with Gasteiger partial charge in [0.05, 0.1) is 38.6 Å². The molecule has 0 aliphatic rings. The highest BCUT2D eigenvalue weighted by Gasteiger charge is 2.20. The van der Waals surface area contributed by atoms with Gasteiger partial charge in [-0.1, -0.05) is 13.8 Å². The van der Waals surface area contributed by atoms with Gasteiger partial charge in [-0.3, -0.25) is 9.05 Å². The lowest BCUT2D eigenvalue weighted by molar-refractivity contribution is 0.0181. The zero-order valence-electron chi connectivity index (χ0n) is 12.3. The van der Waals surface area contributed by atoms with E-state index in [1.807, 2.05) is 27.7 Å². The molecule has 0 bridgehead atoms. The first-order valence-electron chi connectivity index (χ1n) is 6.76. The van der Waals surface area contributed by atoms with Crippen molar-refractivity contribution in [3.8, 4) is 0 Å². The molecule has 2 unspecified atom stereocenters. The van der Waals surface area contributed by atoms with Crippen LogP contribution in [0.15, 0.2) is 0 Å². The average Bonchev–Trinajstić information content (AvgIpc) is 2.39. The summed E-state index contributed by atoms with van der Waals surface area (Å²) in [6.07, 6.45) is 2.01. The summed E-state index contributed by atoms with van der Waals surface area (Å²) in [6.45, 7) is 8.47. The quantitative estimate of drug-likeness (QED) is 0.441. The van der Waals surface area contributed by atoms with Gasteiger partial charge < -0.3 is 14.4 Å². The fraction of sp³-hybridized carbons (Fsp3) is 1.00. The van der Waals surface area contributed by atoms with Crippen molar-refractivity contribution in [2.45, 2.75) is 52.7 Å². The van der Waals surface area contributed by atoms with Gasteiger partial charge in [0.2, 0.25) is 0 Å². The molecule has 0 radical (unpaired) electrons. The maximum absolute atomic E-state index is 11.4. The molecule has 0 rings (SSSR count). The van der Waals surface area contributed by atoms with Crippen molar-refractivity contribution in [1.29, 1.82) is 0 Å². The second-order valence-corrected chi connectivity index (χ2v) is 5.77. The maximum Gasteiger partial charge on any atom is 0.472 e. The lowest BCUT2D eigenvalue weighted by Gasteiger charge is -2.15. The minimum absolute atomic E-state index is 0.0321. The number of rotatable bonds is 12. The van der Waals surface area contributed by atoms with E-state index in [-0.39, 0.29) is 38.6 Å². The van der Waals surface area contributed by atoms with Crippen molar-refractivity contribution in [1.82, 2.24) is 0 Å². The molecule has 2 atom stereocenters. The topological polar surface area (TPSA) is 74.2 Å². The summed E-state index contributed by atoms with van der Waals surface area (Å²) < 4.78 is 31.6. The lowest BCUT2D eigenvalue weighted by Crippen LogP contribution is -2.13. The zero-order valence-corrected chi connectivity index (χ0v) is 13.2. The molecule has 1 N–H and O–H groups in total. The van der Waals surface area contributed by atoms with Gasteiger partial charge in [-0.2, -0.15) is 0 Å². The normalized spacial score (nSPS) is 17.9. The molecule has 7 heteroatoms. The molecule has 0 aromatic rings. The van der Waals surface area contributed by atoms with Crippen LogP contribution in [0.2, 0.25) is 0 Å². The van der Waals surface area contributed by atoms with Crippen LogP contribution >= 0.6 is 7.82 Å². The van der Waals surface area contributed by atoms with Gasteiger partial charge in [0, 0.05) is 0 Å². The molecule has 0 aliphatic carbocycles. The molecule has 0 aromatic carbocycles. The van der Waals surface area contributed by atoms with Crippen LogP contribution < -0.4 is 0 Å². The molecule has 0 aromatic heterocycles. The second-order valence-electron chi connectivity index (χ2n) is 4.31. The van der Waals surface area contributed by atoms with E-state index in [0.29, 0.717) is 0 Å². The third kappa shape index (κ3) is 11.5. The highest BCUT2D eigenvalue weighted by atomic mass is 31.2. The Morgan fingerprint density at radius 1 is 0.895 bits per heavy atom. The molecule has 0 spiro atoms. The summed E-state index contributed by atoms with van der Waals surface area (Å²) >= 11 is 0. The van der Waals surface area contributed by atoms with E-state index in [4.69, 9.17) is 18.5 Å². The summed E-state index contributed by atoms with van der Waals surface area (Å²) in [5.74, 6) is 0. The standard InChI is InChI=1S/C12H27O6P/c1-5-11(3)15-7-9-17-19(13,14)18-10-8-16-12(4)6-2/h11-12H,5-10H2,1-4H3,(H,13,14). The van der Waals surface area contributed by atoms with Gasteiger partial charge in [0.1, 0.15) is 0 Å². The van der Waals surface area contributed by atoms with E-state index in [2.05, 4.69) is 0 Å². The average molecular weight is 298 g/mol. The van der Waals surface area contributed by atoms with E-state index in [1.165, 1.54) is 0 Å². The van der Waals surface area contributed by atoms with Crippen molar-refractivity contribution < 1.29 is 28.0 Å². The van der Waals surface area contributed by atoms with Crippen LogP contribution in [-0.4, -0.2) is 43.5 Å². The fourth-order valence-corrected chi connectivity index (χ4v) is 1.76. The number of ether oxygens (including phenoxy) is 2. The van der Waals surface area contributed by atoms with Gasteiger partial charge in [0.25, 0.3) is 0 Å². The third-order valence-electron chi connectivity index (χ3n) is 2.63. The van der Waals surface area contributed by atoms with Gasteiger partial charge in [-0.15, -0.1) is 0 Å². The van der Waals surface area contributed by atoms with Crippen molar-refractivity contribution in [3.05, 3.63) is 0 Å². The van der Waals surface area contributed by atoms with Crippen LogP contribution in [0.25, 0.3) is 0 Å². The first kappa shape index (κ1) is 19.0. The molecule has 0 amide bonds. The summed E-state index contributed by atoms with van der Waals surface area (Å²) in [4.78, 5) is 9.36. The lowest BCUT2D eigenvalue weighted by atomic mass is 10.3. The van der Waals surface area contributed by atoms with Crippen LogP contribution in [0.3, 0.4) is 0 Å². The summed E-state index contributed by atoms with van der Waals surface area (Å²) in [6, 6.07) is 0. The third-order valence-corrected chi connectivity index (χ3v) is 3.65. The predicted molar refractivity (Wildman–Crippen MR) is 73.1 cm³/mol. The molecular formula is C12H27O6P. The van der Waals surface area contributed by atoms with Crippen molar-refractivity contribution in [2.24, 2.45) is 0 Å². The largest absolute Gasteiger partial charge is 0.472 e.